The molecule has 0 saturated carbocycles. The van der Waals surface area contributed by atoms with Gasteiger partial charge in [-0.05, 0) is 31.7 Å². The largest absolute Gasteiger partial charge is 0.342 e. The van der Waals surface area contributed by atoms with Gasteiger partial charge in [-0.15, -0.1) is 0 Å². The van der Waals surface area contributed by atoms with Gasteiger partial charge in [0, 0.05) is 0 Å². The van der Waals surface area contributed by atoms with Crippen LogP contribution in [0.2, 0.25) is 0 Å². The highest BCUT2D eigenvalue weighted by Crippen LogP contribution is 2.17. The smallest absolute Gasteiger partial charge is 0.141 e. The van der Waals surface area contributed by atoms with Gasteiger partial charge in [-0.2, -0.15) is 0 Å². The third-order valence-electron chi connectivity index (χ3n) is 2.43. The van der Waals surface area contributed by atoms with Crippen molar-refractivity contribution in [3.05, 3.63) is 29.6 Å². The summed E-state index contributed by atoms with van der Waals surface area (Å²) in [5, 5.41) is 2.94. The highest BCUT2D eigenvalue weighted by molar-refractivity contribution is 5.77. The van der Waals surface area contributed by atoms with Crippen LogP contribution in [0, 0.1) is 6.92 Å². The lowest BCUT2D eigenvalue weighted by atomic mass is 10.1. The molecule has 1 heterocycles. The summed E-state index contributed by atoms with van der Waals surface area (Å²) in [7, 11) is 1.77. The van der Waals surface area contributed by atoms with Crippen LogP contribution >= 0.6 is 0 Å². The van der Waals surface area contributed by atoms with Gasteiger partial charge in [0.25, 0.3) is 0 Å². The second-order valence-electron chi connectivity index (χ2n) is 3.50. The second kappa shape index (κ2) is 3.82. The summed E-state index contributed by atoms with van der Waals surface area (Å²) in [6.45, 7) is 1.91. The maximum Gasteiger partial charge on any atom is 0.141 e. The molecule has 0 amide bonds. The third kappa shape index (κ3) is 1.76. The maximum absolute atomic E-state index is 10.8. The van der Waals surface area contributed by atoms with Gasteiger partial charge in [-0.3, -0.25) is 0 Å². The predicted octanol–water partition coefficient (Wildman–Crippen LogP) is 1.33. The Morgan fingerprint density at radius 1 is 1.53 bits per heavy atom. The number of H-pyrrole nitrogens is 1. The predicted molar refractivity (Wildman–Crippen MR) is 58.7 cm³/mol. The Balaban J connectivity index is 2.49. The van der Waals surface area contributed by atoms with E-state index in [9.17, 15) is 4.79 Å². The molecule has 1 unspecified atom stereocenters. The molecule has 1 aromatic heterocycles. The van der Waals surface area contributed by atoms with Crippen LogP contribution in [0.3, 0.4) is 0 Å². The van der Waals surface area contributed by atoms with Crippen molar-refractivity contribution in [2.75, 3.05) is 7.05 Å². The zero-order chi connectivity index (χ0) is 10.8. The van der Waals surface area contributed by atoms with Crippen LogP contribution in [0.4, 0.5) is 0 Å². The third-order valence-corrected chi connectivity index (χ3v) is 2.43. The standard InChI is InChI=1S/C11H13N3O/c1-7-13-9-4-3-8(5-10(9)14-7)11(6-15)12-2/h3-6,11-12H,1-2H3,(H,13,14). The van der Waals surface area contributed by atoms with Gasteiger partial charge in [-0.1, -0.05) is 6.07 Å². The fourth-order valence-corrected chi connectivity index (χ4v) is 1.66. The minimum Gasteiger partial charge on any atom is -0.342 e. The summed E-state index contributed by atoms with van der Waals surface area (Å²) in [6.07, 6.45) is 0.893. The van der Waals surface area contributed by atoms with E-state index in [-0.39, 0.29) is 6.04 Å². The highest BCUT2D eigenvalue weighted by atomic mass is 16.1. The van der Waals surface area contributed by atoms with E-state index >= 15 is 0 Å². The molecular weight excluding hydrogens is 190 g/mol. The van der Waals surface area contributed by atoms with Crippen LogP contribution in [-0.4, -0.2) is 23.3 Å². The van der Waals surface area contributed by atoms with Crippen molar-refractivity contribution in [2.24, 2.45) is 0 Å². The van der Waals surface area contributed by atoms with E-state index in [2.05, 4.69) is 15.3 Å². The minimum atomic E-state index is -0.252. The number of fused-ring (bicyclic) bond motifs is 1. The molecule has 2 rings (SSSR count). The van der Waals surface area contributed by atoms with E-state index in [1.807, 2.05) is 25.1 Å². The fraction of sp³-hybridized carbons (Fsp3) is 0.273. The van der Waals surface area contributed by atoms with E-state index in [0.717, 1.165) is 28.7 Å². The van der Waals surface area contributed by atoms with Gasteiger partial charge < -0.3 is 15.1 Å². The van der Waals surface area contributed by atoms with Crippen LogP contribution in [0.15, 0.2) is 18.2 Å². The van der Waals surface area contributed by atoms with Gasteiger partial charge in [0.1, 0.15) is 12.1 Å². The monoisotopic (exact) mass is 203 g/mol. The fourth-order valence-electron chi connectivity index (χ4n) is 1.66. The molecular formula is C11H13N3O. The molecule has 0 spiro atoms. The number of likely N-dealkylation sites (N-methyl/N-ethyl adjacent to an activating group) is 1. The zero-order valence-corrected chi connectivity index (χ0v) is 8.74. The molecule has 2 aromatic rings. The number of aryl methyl sites for hydroxylation is 1. The van der Waals surface area contributed by atoms with Crippen LogP contribution in [0.25, 0.3) is 11.0 Å². The van der Waals surface area contributed by atoms with Crippen molar-refractivity contribution in [1.82, 2.24) is 15.3 Å². The first-order chi connectivity index (χ1) is 7.24. The maximum atomic E-state index is 10.8. The average Bonchev–Trinajstić information content (AvgIpc) is 2.59. The lowest BCUT2D eigenvalue weighted by molar-refractivity contribution is -0.109. The average molecular weight is 203 g/mol. The number of nitrogens with one attached hydrogen (secondary N) is 2. The molecule has 0 bridgehead atoms. The van der Waals surface area contributed by atoms with Crippen LogP contribution in [0.1, 0.15) is 17.4 Å². The van der Waals surface area contributed by atoms with Gasteiger partial charge >= 0.3 is 0 Å². The Morgan fingerprint density at radius 2 is 2.33 bits per heavy atom. The SMILES string of the molecule is CNC(C=O)c1ccc2nc(C)[nH]c2c1. The summed E-state index contributed by atoms with van der Waals surface area (Å²) in [5.41, 5.74) is 2.84. The number of carbonyl (C=O) groups is 1. The van der Waals surface area contributed by atoms with Gasteiger partial charge in [-0.25, -0.2) is 4.98 Å². The van der Waals surface area contributed by atoms with E-state index in [0.29, 0.717) is 0 Å². The Kier molecular flexibility index (Phi) is 2.51. The molecule has 15 heavy (non-hydrogen) atoms. The van der Waals surface area contributed by atoms with Gasteiger partial charge in [0.15, 0.2) is 0 Å². The molecule has 0 aliphatic rings. The number of rotatable bonds is 3. The molecule has 0 saturated heterocycles. The molecule has 0 radical (unpaired) electrons. The molecule has 78 valence electrons. The first kappa shape index (κ1) is 9.86. The van der Waals surface area contributed by atoms with Crippen LogP contribution < -0.4 is 5.32 Å². The molecule has 0 fully saturated rings. The molecule has 0 aliphatic heterocycles. The van der Waals surface area contributed by atoms with Crippen LogP contribution in [0.5, 0.6) is 0 Å². The Labute approximate surface area is 87.7 Å². The lowest BCUT2D eigenvalue weighted by Crippen LogP contribution is -2.17. The van der Waals surface area contributed by atoms with E-state index in [1.165, 1.54) is 0 Å². The van der Waals surface area contributed by atoms with Crippen molar-refractivity contribution in [1.29, 1.82) is 0 Å². The summed E-state index contributed by atoms with van der Waals surface area (Å²) in [6, 6.07) is 5.53. The molecule has 1 aromatic carbocycles. The number of benzene rings is 1. The first-order valence-corrected chi connectivity index (χ1v) is 4.83. The molecule has 4 heteroatoms. The second-order valence-corrected chi connectivity index (χ2v) is 3.50. The summed E-state index contributed by atoms with van der Waals surface area (Å²) in [5.74, 6) is 0.884. The number of hydrogen-bond donors (Lipinski definition) is 2. The quantitative estimate of drug-likeness (QED) is 0.740. The number of imidazole rings is 1. The Bertz CT molecular complexity index is 490. The van der Waals surface area contributed by atoms with Crippen molar-refractivity contribution in [3.8, 4) is 0 Å². The minimum absolute atomic E-state index is 0.252. The highest BCUT2D eigenvalue weighted by Gasteiger charge is 2.08. The topological polar surface area (TPSA) is 57.8 Å². The number of carbonyl (C=O) groups excluding carboxylic acids is 1. The number of hydrogen-bond acceptors (Lipinski definition) is 3. The number of aldehydes is 1. The van der Waals surface area contributed by atoms with Crippen molar-refractivity contribution < 1.29 is 4.79 Å². The number of aromatic amines is 1. The molecule has 1 atom stereocenters. The Morgan fingerprint density at radius 3 is 3.00 bits per heavy atom. The first-order valence-electron chi connectivity index (χ1n) is 4.83. The summed E-state index contributed by atoms with van der Waals surface area (Å²) < 4.78 is 0. The summed E-state index contributed by atoms with van der Waals surface area (Å²) in [4.78, 5) is 18.2. The Hall–Kier alpha value is -1.68. The van der Waals surface area contributed by atoms with Gasteiger partial charge in [0.2, 0.25) is 0 Å². The zero-order valence-electron chi connectivity index (χ0n) is 8.74. The number of nitrogens with zero attached hydrogens (tertiary/aromatic N) is 1. The molecule has 0 aliphatic carbocycles. The van der Waals surface area contributed by atoms with E-state index in [4.69, 9.17) is 0 Å². The molecule has 4 nitrogen and oxygen atoms in total. The normalized spacial score (nSPS) is 12.9. The van der Waals surface area contributed by atoms with E-state index in [1.54, 1.807) is 7.05 Å². The van der Waals surface area contributed by atoms with Crippen molar-refractivity contribution >= 4 is 17.3 Å². The summed E-state index contributed by atoms with van der Waals surface area (Å²) >= 11 is 0. The molecule has 2 N–H and O–H groups in total. The lowest BCUT2D eigenvalue weighted by Gasteiger charge is -2.08. The number of aromatic nitrogens is 2. The van der Waals surface area contributed by atoms with Crippen LogP contribution in [-0.2, 0) is 4.79 Å². The van der Waals surface area contributed by atoms with Gasteiger partial charge in [0.05, 0.1) is 17.1 Å². The van der Waals surface area contributed by atoms with Crippen molar-refractivity contribution in [3.63, 3.8) is 0 Å². The van der Waals surface area contributed by atoms with Crippen molar-refractivity contribution in [2.45, 2.75) is 13.0 Å². The van der Waals surface area contributed by atoms with E-state index < -0.39 is 0 Å².